The highest BCUT2D eigenvalue weighted by molar-refractivity contribution is 7.10. The molecule has 0 fully saturated rings. The molecule has 0 saturated heterocycles. The van der Waals surface area contributed by atoms with Crippen molar-refractivity contribution in [2.75, 3.05) is 18.4 Å². The van der Waals surface area contributed by atoms with Crippen LogP contribution >= 0.6 is 11.3 Å². The number of nitrogens with zero attached hydrogens (tertiary/aromatic N) is 1. The van der Waals surface area contributed by atoms with Crippen LogP contribution in [0.4, 0.5) is 5.69 Å². The summed E-state index contributed by atoms with van der Waals surface area (Å²) in [6.07, 6.45) is 3.71. The molecular weight excluding hydrogens is 264 g/mol. The zero-order chi connectivity index (χ0) is 13.4. The fraction of sp³-hybridized carbons (Fsp3) is 0.412. The fourth-order valence-electron chi connectivity index (χ4n) is 3.33. The third-order valence-corrected chi connectivity index (χ3v) is 5.42. The highest BCUT2D eigenvalue weighted by Crippen LogP contribution is 2.27. The second-order valence-corrected chi connectivity index (χ2v) is 6.85. The van der Waals surface area contributed by atoms with Gasteiger partial charge >= 0.3 is 0 Å². The highest BCUT2D eigenvalue weighted by Gasteiger charge is 2.17. The van der Waals surface area contributed by atoms with Gasteiger partial charge in [-0.25, -0.2) is 0 Å². The molecule has 0 amide bonds. The van der Waals surface area contributed by atoms with Crippen molar-refractivity contribution in [2.45, 2.75) is 32.4 Å². The lowest BCUT2D eigenvalue weighted by Gasteiger charge is -2.27. The first-order chi connectivity index (χ1) is 9.88. The number of nitrogens with one attached hydrogen (secondary N) is 1. The van der Waals surface area contributed by atoms with Gasteiger partial charge in [-0.05, 0) is 53.5 Å². The molecule has 2 nitrogen and oxygen atoms in total. The van der Waals surface area contributed by atoms with Gasteiger partial charge in [0, 0.05) is 36.7 Å². The van der Waals surface area contributed by atoms with Crippen LogP contribution in [-0.4, -0.2) is 18.0 Å². The maximum Gasteiger partial charge on any atom is 0.0372 e. The summed E-state index contributed by atoms with van der Waals surface area (Å²) in [6, 6.07) is 9.26. The summed E-state index contributed by atoms with van der Waals surface area (Å²) < 4.78 is 0. The van der Waals surface area contributed by atoms with Gasteiger partial charge in [-0.15, -0.1) is 11.3 Å². The second-order valence-electron chi connectivity index (χ2n) is 5.85. The third-order valence-electron chi connectivity index (χ3n) is 4.40. The number of hydrogen-bond donors (Lipinski definition) is 1. The lowest BCUT2D eigenvalue weighted by atomic mass is 10.00. The molecule has 1 aromatic carbocycles. The van der Waals surface area contributed by atoms with Crippen LogP contribution in [-0.2, 0) is 25.9 Å². The maximum absolute atomic E-state index is 3.49. The molecule has 0 saturated carbocycles. The van der Waals surface area contributed by atoms with E-state index in [-0.39, 0.29) is 0 Å². The lowest BCUT2D eigenvalue weighted by Crippen LogP contribution is -2.29. The molecule has 4 rings (SSSR count). The van der Waals surface area contributed by atoms with E-state index >= 15 is 0 Å². The van der Waals surface area contributed by atoms with Gasteiger partial charge in [-0.2, -0.15) is 0 Å². The summed E-state index contributed by atoms with van der Waals surface area (Å²) in [5.74, 6) is 0. The van der Waals surface area contributed by atoms with Crippen LogP contribution in [0.25, 0.3) is 0 Å². The van der Waals surface area contributed by atoms with Crippen molar-refractivity contribution in [2.24, 2.45) is 0 Å². The first-order valence-corrected chi connectivity index (χ1v) is 8.40. The summed E-state index contributed by atoms with van der Waals surface area (Å²) in [5, 5.41) is 5.73. The molecular formula is C17H20N2S. The second kappa shape index (κ2) is 5.23. The molecule has 1 N–H and O–H groups in total. The average Bonchev–Trinajstić information content (AvgIpc) is 2.95. The Morgan fingerprint density at radius 2 is 2.15 bits per heavy atom. The Kier molecular flexibility index (Phi) is 3.25. The number of benzene rings is 1. The minimum Gasteiger partial charge on any atom is -0.385 e. The standard InChI is InChI=1S/C17H20N2S/c1-2-14-10-13(3-4-16(14)18-7-1)11-19-8-5-17-15(12-19)6-9-20-17/h3-4,6,9-10,18H,1-2,5,7-8,11-12H2. The predicted molar refractivity (Wildman–Crippen MR) is 85.4 cm³/mol. The Morgan fingerprint density at radius 3 is 3.15 bits per heavy atom. The van der Waals surface area contributed by atoms with Crippen molar-refractivity contribution in [1.82, 2.24) is 4.90 Å². The van der Waals surface area contributed by atoms with Crippen LogP contribution in [0.5, 0.6) is 0 Å². The van der Waals surface area contributed by atoms with E-state index in [1.54, 1.807) is 10.4 Å². The van der Waals surface area contributed by atoms with Gasteiger partial charge in [0.15, 0.2) is 0 Å². The summed E-state index contributed by atoms with van der Waals surface area (Å²) in [6.45, 7) is 4.53. The molecule has 2 aromatic rings. The first kappa shape index (κ1) is 12.4. The van der Waals surface area contributed by atoms with Gasteiger partial charge in [0.25, 0.3) is 0 Å². The highest BCUT2D eigenvalue weighted by atomic mass is 32.1. The molecule has 3 heterocycles. The Balaban J connectivity index is 1.49. The Hall–Kier alpha value is -1.32. The topological polar surface area (TPSA) is 15.3 Å². The predicted octanol–water partition coefficient (Wildman–Crippen LogP) is 3.66. The molecule has 0 radical (unpaired) electrons. The Labute approximate surface area is 124 Å². The van der Waals surface area contributed by atoms with Gasteiger partial charge in [0.05, 0.1) is 0 Å². The van der Waals surface area contributed by atoms with Crippen molar-refractivity contribution in [3.8, 4) is 0 Å². The van der Waals surface area contributed by atoms with Gasteiger partial charge < -0.3 is 5.32 Å². The summed E-state index contributed by atoms with van der Waals surface area (Å²) in [4.78, 5) is 4.17. The summed E-state index contributed by atoms with van der Waals surface area (Å²) in [7, 11) is 0. The third kappa shape index (κ3) is 2.36. The van der Waals surface area contributed by atoms with Crippen LogP contribution in [0, 0.1) is 0 Å². The molecule has 0 bridgehead atoms. The fourth-order valence-corrected chi connectivity index (χ4v) is 4.22. The van der Waals surface area contributed by atoms with Gasteiger partial charge in [0.2, 0.25) is 0 Å². The summed E-state index contributed by atoms with van der Waals surface area (Å²) in [5.41, 5.74) is 5.85. The van der Waals surface area contributed by atoms with E-state index in [4.69, 9.17) is 0 Å². The largest absolute Gasteiger partial charge is 0.385 e. The van der Waals surface area contributed by atoms with Crippen LogP contribution in [0.3, 0.4) is 0 Å². The van der Waals surface area contributed by atoms with Crippen LogP contribution in [0.2, 0.25) is 0 Å². The number of aryl methyl sites for hydroxylation is 1. The number of anilines is 1. The van der Waals surface area contributed by atoms with E-state index in [0.717, 1.165) is 19.6 Å². The van der Waals surface area contributed by atoms with E-state index in [9.17, 15) is 0 Å². The number of rotatable bonds is 2. The van der Waals surface area contributed by atoms with Crippen LogP contribution in [0.1, 0.15) is 28.0 Å². The molecule has 0 atom stereocenters. The maximum atomic E-state index is 3.49. The zero-order valence-electron chi connectivity index (χ0n) is 11.7. The molecule has 2 aliphatic heterocycles. The van der Waals surface area contributed by atoms with E-state index < -0.39 is 0 Å². The molecule has 104 valence electrons. The van der Waals surface area contributed by atoms with Crippen LogP contribution < -0.4 is 5.32 Å². The SMILES string of the molecule is c1cc2c(s1)CCN(Cc1ccc3c(c1)CCCN3)C2. The van der Waals surface area contributed by atoms with Crippen molar-refractivity contribution in [1.29, 1.82) is 0 Å². The number of thiophene rings is 1. The molecule has 1 aromatic heterocycles. The van der Waals surface area contributed by atoms with E-state index in [1.165, 1.54) is 42.6 Å². The minimum atomic E-state index is 1.09. The number of hydrogen-bond acceptors (Lipinski definition) is 3. The van der Waals surface area contributed by atoms with Crippen molar-refractivity contribution < 1.29 is 0 Å². The Morgan fingerprint density at radius 1 is 1.15 bits per heavy atom. The van der Waals surface area contributed by atoms with Gasteiger partial charge in [0.1, 0.15) is 0 Å². The lowest BCUT2D eigenvalue weighted by molar-refractivity contribution is 0.247. The molecule has 20 heavy (non-hydrogen) atoms. The molecule has 3 heteroatoms. The molecule has 0 unspecified atom stereocenters. The summed E-state index contributed by atoms with van der Waals surface area (Å²) >= 11 is 1.92. The van der Waals surface area contributed by atoms with Crippen LogP contribution in [0.15, 0.2) is 29.6 Å². The molecule has 0 aliphatic carbocycles. The average molecular weight is 284 g/mol. The van der Waals surface area contributed by atoms with E-state index in [0.29, 0.717) is 0 Å². The molecule has 2 aliphatic rings. The zero-order valence-corrected chi connectivity index (χ0v) is 12.5. The quantitative estimate of drug-likeness (QED) is 0.905. The molecule has 0 spiro atoms. The van der Waals surface area contributed by atoms with Gasteiger partial charge in [-0.3, -0.25) is 4.90 Å². The Bertz CT molecular complexity index is 617. The smallest absolute Gasteiger partial charge is 0.0372 e. The first-order valence-electron chi connectivity index (χ1n) is 7.52. The van der Waals surface area contributed by atoms with E-state index in [1.807, 2.05) is 11.3 Å². The number of fused-ring (bicyclic) bond motifs is 2. The van der Waals surface area contributed by atoms with Crippen molar-refractivity contribution >= 4 is 17.0 Å². The van der Waals surface area contributed by atoms with Crippen molar-refractivity contribution in [3.05, 3.63) is 51.2 Å². The minimum absolute atomic E-state index is 1.09. The monoisotopic (exact) mass is 284 g/mol. The normalized spacial score (nSPS) is 18.2. The van der Waals surface area contributed by atoms with Crippen molar-refractivity contribution in [3.63, 3.8) is 0 Å². The van der Waals surface area contributed by atoms with E-state index in [2.05, 4.69) is 39.9 Å². The van der Waals surface area contributed by atoms with Gasteiger partial charge in [-0.1, -0.05) is 12.1 Å².